The van der Waals surface area contributed by atoms with Crippen molar-refractivity contribution in [2.24, 2.45) is 5.92 Å². The van der Waals surface area contributed by atoms with Crippen LogP contribution in [0.5, 0.6) is 0 Å². The van der Waals surface area contributed by atoms with E-state index in [9.17, 15) is 27.1 Å². The number of aliphatic hydroxyl groups is 1. The van der Waals surface area contributed by atoms with E-state index in [1.807, 2.05) is 25.7 Å². The van der Waals surface area contributed by atoms with Gasteiger partial charge in [0.05, 0.1) is 11.3 Å². The van der Waals surface area contributed by atoms with Crippen molar-refractivity contribution in [1.82, 2.24) is 9.88 Å². The first-order valence-electron chi connectivity index (χ1n) is 12.0. The standard InChI is InChI=1S/C27H29F5N2OS/c1-16(2)9-11-26(35,21-8-7-20(28)14-22(21)29)17(3)34-12-10-23-24(15-34)36-25(33-23)18-5-4-6-19(13-18)27(30,31)32/h4-8,13-14,16-17,35H,9-12,15H2,1-3H3. The molecule has 1 N–H and O–H groups in total. The smallest absolute Gasteiger partial charge is 0.383 e. The Bertz CT molecular complexity index is 1230. The summed E-state index contributed by atoms with van der Waals surface area (Å²) in [5.74, 6) is -1.21. The summed E-state index contributed by atoms with van der Waals surface area (Å²) in [6.07, 6.45) is -2.93. The molecule has 2 aromatic carbocycles. The monoisotopic (exact) mass is 524 g/mol. The van der Waals surface area contributed by atoms with E-state index in [1.54, 1.807) is 6.07 Å². The Morgan fingerprint density at radius 1 is 1.08 bits per heavy atom. The van der Waals surface area contributed by atoms with Crippen molar-refractivity contribution in [3.8, 4) is 10.6 Å². The third kappa shape index (κ3) is 5.48. The van der Waals surface area contributed by atoms with Gasteiger partial charge in [-0.3, -0.25) is 4.90 Å². The summed E-state index contributed by atoms with van der Waals surface area (Å²) in [5, 5.41) is 12.4. The second kappa shape index (κ2) is 10.2. The van der Waals surface area contributed by atoms with E-state index in [1.165, 1.54) is 23.5 Å². The van der Waals surface area contributed by atoms with Gasteiger partial charge in [-0.2, -0.15) is 13.2 Å². The largest absolute Gasteiger partial charge is 0.416 e. The van der Waals surface area contributed by atoms with E-state index >= 15 is 0 Å². The number of rotatable bonds is 7. The third-order valence-corrected chi connectivity index (χ3v) is 8.07. The normalized spacial score (nSPS) is 17.2. The van der Waals surface area contributed by atoms with E-state index in [2.05, 4.69) is 4.98 Å². The Hall–Kier alpha value is -2.36. The maximum absolute atomic E-state index is 14.8. The van der Waals surface area contributed by atoms with Gasteiger partial charge in [0.2, 0.25) is 0 Å². The van der Waals surface area contributed by atoms with Crippen LogP contribution in [0.15, 0.2) is 42.5 Å². The molecule has 0 amide bonds. The fourth-order valence-electron chi connectivity index (χ4n) is 4.72. The van der Waals surface area contributed by atoms with Gasteiger partial charge >= 0.3 is 6.18 Å². The lowest BCUT2D eigenvalue weighted by Gasteiger charge is -2.43. The number of fused-ring (bicyclic) bond motifs is 1. The Labute approximate surface area is 211 Å². The van der Waals surface area contributed by atoms with Crippen LogP contribution < -0.4 is 0 Å². The molecule has 0 saturated heterocycles. The minimum Gasteiger partial charge on any atom is -0.383 e. The van der Waals surface area contributed by atoms with Crippen LogP contribution in [0.3, 0.4) is 0 Å². The molecule has 3 nitrogen and oxygen atoms in total. The van der Waals surface area contributed by atoms with E-state index in [-0.39, 0.29) is 11.5 Å². The number of halogens is 5. The second-order valence-corrected chi connectivity index (χ2v) is 10.9. The molecule has 0 saturated carbocycles. The molecule has 1 aliphatic rings. The predicted molar refractivity (Wildman–Crippen MR) is 130 cm³/mol. The molecule has 0 aliphatic carbocycles. The molecule has 2 heterocycles. The summed E-state index contributed by atoms with van der Waals surface area (Å²) in [6, 6.07) is 7.89. The summed E-state index contributed by atoms with van der Waals surface area (Å²) in [6.45, 7) is 6.85. The number of thiazole rings is 1. The number of alkyl halides is 3. The Kier molecular flexibility index (Phi) is 7.55. The van der Waals surface area contributed by atoms with E-state index < -0.39 is 35.0 Å². The molecule has 0 bridgehead atoms. The average Bonchev–Trinajstić information content (AvgIpc) is 3.25. The molecule has 4 rings (SSSR count). The van der Waals surface area contributed by atoms with Crippen molar-refractivity contribution < 1.29 is 27.1 Å². The van der Waals surface area contributed by atoms with Crippen LogP contribution in [-0.2, 0) is 24.7 Å². The van der Waals surface area contributed by atoms with Crippen molar-refractivity contribution in [1.29, 1.82) is 0 Å². The van der Waals surface area contributed by atoms with Gasteiger partial charge in [0.1, 0.15) is 22.2 Å². The van der Waals surface area contributed by atoms with Crippen molar-refractivity contribution >= 4 is 11.3 Å². The molecule has 194 valence electrons. The van der Waals surface area contributed by atoms with Crippen LogP contribution in [-0.4, -0.2) is 27.6 Å². The van der Waals surface area contributed by atoms with Gasteiger partial charge in [-0.15, -0.1) is 11.3 Å². The topological polar surface area (TPSA) is 36.4 Å². The Morgan fingerprint density at radius 2 is 1.83 bits per heavy atom. The number of nitrogens with zero attached hydrogens (tertiary/aromatic N) is 2. The lowest BCUT2D eigenvalue weighted by molar-refractivity contribution is -0.137. The summed E-state index contributed by atoms with van der Waals surface area (Å²) < 4.78 is 68.0. The molecule has 2 atom stereocenters. The molecule has 9 heteroatoms. The quantitative estimate of drug-likeness (QED) is 0.333. The van der Waals surface area contributed by atoms with Gasteiger partial charge in [-0.25, -0.2) is 13.8 Å². The van der Waals surface area contributed by atoms with Gasteiger partial charge in [0.25, 0.3) is 0 Å². The molecule has 3 aromatic rings. The van der Waals surface area contributed by atoms with Crippen molar-refractivity contribution in [3.05, 3.63) is 75.8 Å². The first-order valence-corrected chi connectivity index (χ1v) is 12.8. The molecule has 1 aliphatic heterocycles. The zero-order valence-electron chi connectivity index (χ0n) is 20.4. The molecule has 0 fully saturated rings. The number of hydrogen-bond donors (Lipinski definition) is 1. The maximum Gasteiger partial charge on any atom is 0.416 e. The Morgan fingerprint density at radius 3 is 2.50 bits per heavy atom. The van der Waals surface area contributed by atoms with E-state index in [4.69, 9.17) is 0 Å². The lowest BCUT2D eigenvalue weighted by atomic mass is 9.80. The fraction of sp³-hybridized carbons (Fsp3) is 0.444. The minimum atomic E-state index is -4.44. The summed E-state index contributed by atoms with van der Waals surface area (Å²) in [7, 11) is 0. The lowest BCUT2D eigenvalue weighted by Crippen LogP contribution is -2.51. The summed E-state index contributed by atoms with van der Waals surface area (Å²) in [5.41, 5.74) is -0.967. The zero-order valence-corrected chi connectivity index (χ0v) is 21.2. The first kappa shape index (κ1) is 26.7. The average molecular weight is 525 g/mol. The highest BCUT2D eigenvalue weighted by Crippen LogP contribution is 2.40. The SMILES string of the molecule is CC(C)CCC(O)(c1ccc(F)cc1F)C(C)N1CCc2nc(-c3cccc(C(F)(F)F)c3)sc2C1. The van der Waals surface area contributed by atoms with Crippen LogP contribution in [0.1, 0.15) is 55.3 Å². The maximum atomic E-state index is 14.8. The van der Waals surface area contributed by atoms with Crippen LogP contribution >= 0.6 is 11.3 Å². The molecule has 2 unspecified atom stereocenters. The molecular weight excluding hydrogens is 495 g/mol. The van der Waals surface area contributed by atoms with Gasteiger partial charge in [0.15, 0.2) is 0 Å². The second-order valence-electron chi connectivity index (χ2n) is 9.84. The van der Waals surface area contributed by atoms with Gasteiger partial charge in [-0.05, 0) is 43.9 Å². The highest BCUT2D eigenvalue weighted by Gasteiger charge is 2.42. The van der Waals surface area contributed by atoms with Gasteiger partial charge in [0, 0.05) is 47.6 Å². The van der Waals surface area contributed by atoms with Crippen LogP contribution in [0.2, 0.25) is 0 Å². The van der Waals surface area contributed by atoms with Crippen LogP contribution in [0.4, 0.5) is 22.0 Å². The molecule has 0 radical (unpaired) electrons. The number of hydrogen-bond acceptors (Lipinski definition) is 4. The number of aromatic nitrogens is 1. The minimum absolute atomic E-state index is 0.0665. The van der Waals surface area contributed by atoms with Crippen molar-refractivity contribution in [3.63, 3.8) is 0 Å². The number of benzene rings is 2. The van der Waals surface area contributed by atoms with Crippen LogP contribution in [0.25, 0.3) is 10.6 Å². The molecule has 36 heavy (non-hydrogen) atoms. The third-order valence-electron chi connectivity index (χ3n) is 6.94. The van der Waals surface area contributed by atoms with Gasteiger partial charge < -0.3 is 5.11 Å². The zero-order chi connectivity index (χ0) is 26.3. The first-order chi connectivity index (χ1) is 16.9. The summed E-state index contributed by atoms with van der Waals surface area (Å²) >= 11 is 1.33. The van der Waals surface area contributed by atoms with Crippen molar-refractivity contribution in [2.45, 2.75) is 64.4 Å². The van der Waals surface area contributed by atoms with Crippen LogP contribution in [0, 0.1) is 17.6 Å². The van der Waals surface area contributed by atoms with E-state index in [0.29, 0.717) is 42.9 Å². The molecular formula is C27H29F5N2OS. The Balaban J connectivity index is 1.62. The van der Waals surface area contributed by atoms with Gasteiger partial charge in [-0.1, -0.05) is 32.0 Å². The fourth-order valence-corrected chi connectivity index (χ4v) is 5.85. The molecule has 0 spiro atoms. The highest BCUT2D eigenvalue weighted by atomic mass is 32.1. The van der Waals surface area contributed by atoms with E-state index in [0.717, 1.165) is 34.8 Å². The molecule has 1 aromatic heterocycles. The highest BCUT2D eigenvalue weighted by molar-refractivity contribution is 7.15. The van der Waals surface area contributed by atoms with Crippen molar-refractivity contribution in [2.75, 3.05) is 6.54 Å². The predicted octanol–water partition coefficient (Wildman–Crippen LogP) is 7.18. The summed E-state index contributed by atoms with van der Waals surface area (Å²) in [4.78, 5) is 7.55.